The standard InChI is InChI=1S/C17H25FN2O2/c1-3-10-22-17(21)19-14-7-8-16(15(18)11-14)20-9-5-6-13(4-2)12-20/h7-8,11,13H,3-6,9-10,12H2,1-2H3,(H,19,21). The lowest BCUT2D eigenvalue weighted by molar-refractivity contribution is 0.161. The van der Waals surface area contributed by atoms with Gasteiger partial charge in [0.2, 0.25) is 0 Å². The number of benzene rings is 1. The van der Waals surface area contributed by atoms with E-state index in [2.05, 4.69) is 17.1 Å². The molecule has 1 heterocycles. The predicted molar refractivity (Wildman–Crippen MR) is 86.9 cm³/mol. The van der Waals surface area contributed by atoms with Crippen LogP contribution >= 0.6 is 0 Å². The summed E-state index contributed by atoms with van der Waals surface area (Å²) in [5.41, 5.74) is 1.04. The van der Waals surface area contributed by atoms with Crippen LogP contribution in [-0.2, 0) is 4.74 Å². The second-order valence-corrected chi connectivity index (χ2v) is 5.79. The summed E-state index contributed by atoms with van der Waals surface area (Å²) in [4.78, 5) is 13.6. The lowest BCUT2D eigenvalue weighted by Gasteiger charge is -2.34. The number of carbonyl (C=O) groups excluding carboxylic acids is 1. The fraction of sp³-hybridized carbons (Fsp3) is 0.588. The van der Waals surface area contributed by atoms with Gasteiger partial charge in [-0.2, -0.15) is 0 Å². The van der Waals surface area contributed by atoms with Gasteiger partial charge in [0, 0.05) is 18.8 Å². The Morgan fingerprint density at radius 2 is 2.27 bits per heavy atom. The molecule has 1 N–H and O–H groups in total. The average molecular weight is 308 g/mol. The van der Waals surface area contributed by atoms with E-state index in [0.717, 1.165) is 32.4 Å². The van der Waals surface area contributed by atoms with Gasteiger partial charge in [0.05, 0.1) is 12.3 Å². The van der Waals surface area contributed by atoms with Crippen LogP contribution < -0.4 is 10.2 Å². The third kappa shape index (κ3) is 4.36. The molecule has 1 aliphatic heterocycles. The van der Waals surface area contributed by atoms with Crippen LogP contribution in [0.2, 0.25) is 0 Å². The maximum Gasteiger partial charge on any atom is 0.411 e. The first-order valence-electron chi connectivity index (χ1n) is 8.12. The summed E-state index contributed by atoms with van der Waals surface area (Å²) >= 11 is 0. The van der Waals surface area contributed by atoms with Crippen LogP contribution in [0, 0.1) is 11.7 Å². The van der Waals surface area contributed by atoms with Crippen molar-refractivity contribution in [1.29, 1.82) is 0 Å². The third-order valence-corrected chi connectivity index (χ3v) is 4.07. The second kappa shape index (κ2) is 8.01. The van der Waals surface area contributed by atoms with E-state index in [0.29, 0.717) is 23.9 Å². The molecule has 1 amide bonds. The minimum absolute atomic E-state index is 0.301. The Bertz CT molecular complexity index is 507. The summed E-state index contributed by atoms with van der Waals surface area (Å²) in [6, 6.07) is 4.82. The molecular weight excluding hydrogens is 283 g/mol. The summed E-state index contributed by atoms with van der Waals surface area (Å²) in [5.74, 6) is 0.333. The largest absolute Gasteiger partial charge is 0.449 e. The molecule has 1 aliphatic rings. The Kier molecular flexibility index (Phi) is 6.04. The topological polar surface area (TPSA) is 41.6 Å². The highest BCUT2D eigenvalue weighted by molar-refractivity contribution is 5.84. The summed E-state index contributed by atoms with van der Waals surface area (Å²) in [6.07, 6.45) is 3.66. The Morgan fingerprint density at radius 1 is 1.45 bits per heavy atom. The van der Waals surface area contributed by atoms with E-state index < -0.39 is 6.09 Å². The molecular formula is C17H25FN2O2. The summed E-state index contributed by atoms with van der Waals surface area (Å²) in [6.45, 7) is 6.25. The quantitative estimate of drug-likeness (QED) is 0.876. The first-order valence-corrected chi connectivity index (χ1v) is 8.12. The SMILES string of the molecule is CCCOC(=O)Nc1ccc(N2CCCC(CC)C2)c(F)c1. The van der Waals surface area contributed by atoms with Crippen molar-refractivity contribution < 1.29 is 13.9 Å². The number of halogens is 1. The Balaban J connectivity index is 2.01. The molecule has 0 radical (unpaired) electrons. The Morgan fingerprint density at radius 3 is 2.95 bits per heavy atom. The van der Waals surface area contributed by atoms with Gasteiger partial charge in [0.25, 0.3) is 0 Å². The zero-order valence-electron chi connectivity index (χ0n) is 13.4. The van der Waals surface area contributed by atoms with E-state index in [-0.39, 0.29) is 5.82 Å². The van der Waals surface area contributed by atoms with Gasteiger partial charge >= 0.3 is 6.09 Å². The average Bonchev–Trinajstić information content (AvgIpc) is 2.53. The third-order valence-electron chi connectivity index (χ3n) is 4.07. The molecule has 2 rings (SSSR count). The minimum atomic E-state index is -0.544. The monoisotopic (exact) mass is 308 g/mol. The van der Waals surface area contributed by atoms with Gasteiger partial charge in [0.1, 0.15) is 5.82 Å². The highest BCUT2D eigenvalue weighted by Crippen LogP contribution is 2.28. The molecule has 0 aromatic heterocycles. The zero-order chi connectivity index (χ0) is 15.9. The van der Waals surface area contributed by atoms with Crippen LogP contribution in [0.4, 0.5) is 20.6 Å². The number of nitrogens with zero attached hydrogens (tertiary/aromatic N) is 1. The van der Waals surface area contributed by atoms with E-state index >= 15 is 0 Å². The maximum absolute atomic E-state index is 14.3. The number of carbonyl (C=O) groups is 1. The number of piperidine rings is 1. The van der Waals surface area contributed by atoms with E-state index in [1.54, 1.807) is 12.1 Å². The molecule has 22 heavy (non-hydrogen) atoms. The highest BCUT2D eigenvalue weighted by atomic mass is 19.1. The van der Waals surface area contributed by atoms with Crippen molar-refractivity contribution in [3.05, 3.63) is 24.0 Å². The van der Waals surface area contributed by atoms with Gasteiger partial charge in [-0.15, -0.1) is 0 Å². The van der Waals surface area contributed by atoms with Crippen LogP contribution in [0.3, 0.4) is 0 Å². The van der Waals surface area contributed by atoms with Crippen molar-refractivity contribution in [2.75, 3.05) is 29.9 Å². The molecule has 1 fully saturated rings. The number of amides is 1. The lowest BCUT2D eigenvalue weighted by atomic mass is 9.95. The van der Waals surface area contributed by atoms with Crippen molar-refractivity contribution in [3.8, 4) is 0 Å². The van der Waals surface area contributed by atoms with Gasteiger partial charge in [-0.1, -0.05) is 20.3 Å². The first kappa shape index (κ1) is 16.6. The van der Waals surface area contributed by atoms with Gasteiger partial charge in [-0.05, 0) is 43.4 Å². The number of hydrogen-bond acceptors (Lipinski definition) is 3. The smallest absolute Gasteiger partial charge is 0.411 e. The van der Waals surface area contributed by atoms with Crippen molar-refractivity contribution in [2.45, 2.75) is 39.5 Å². The molecule has 1 saturated heterocycles. The van der Waals surface area contributed by atoms with Crippen molar-refractivity contribution in [3.63, 3.8) is 0 Å². The Labute approximate surface area is 131 Å². The van der Waals surface area contributed by atoms with Gasteiger partial charge < -0.3 is 9.64 Å². The number of ether oxygens (including phenoxy) is 1. The number of rotatable bonds is 5. The molecule has 4 nitrogen and oxygen atoms in total. The highest BCUT2D eigenvalue weighted by Gasteiger charge is 2.21. The fourth-order valence-electron chi connectivity index (χ4n) is 2.81. The van der Waals surface area contributed by atoms with Crippen LogP contribution in [0.25, 0.3) is 0 Å². The summed E-state index contributed by atoms with van der Waals surface area (Å²) in [7, 11) is 0. The molecule has 122 valence electrons. The molecule has 0 aliphatic carbocycles. The normalized spacial score (nSPS) is 18.1. The van der Waals surface area contributed by atoms with Gasteiger partial charge in [-0.25, -0.2) is 9.18 Å². The number of hydrogen-bond donors (Lipinski definition) is 1. The van der Waals surface area contributed by atoms with Gasteiger partial charge in [-0.3, -0.25) is 5.32 Å². The van der Waals surface area contributed by atoms with Crippen molar-refractivity contribution in [1.82, 2.24) is 0 Å². The lowest BCUT2D eigenvalue weighted by Crippen LogP contribution is -2.35. The Hall–Kier alpha value is -1.78. The van der Waals surface area contributed by atoms with E-state index in [1.807, 2.05) is 6.92 Å². The van der Waals surface area contributed by atoms with Crippen LogP contribution in [0.5, 0.6) is 0 Å². The first-order chi connectivity index (χ1) is 10.6. The molecule has 1 aromatic rings. The number of anilines is 2. The molecule has 5 heteroatoms. The van der Waals surface area contributed by atoms with Crippen LogP contribution in [0.15, 0.2) is 18.2 Å². The summed E-state index contributed by atoms with van der Waals surface area (Å²) < 4.78 is 19.3. The summed E-state index contributed by atoms with van der Waals surface area (Å²) in [5, 5.41) is 2.55. The van der Waals surface area contributed by atoms with E-state index in [1.165, 1.54) is 12.5 Å². The van der Waals surface area contributed by atoms with Gasteiger partial charge in [0.15, 0.2) is 0 Å². The molecule has 0 saturated carbocycles. The maximum atomic E-state index is 14.3. The van der Waals surface area contributed by atoms with Crippen molar-refractivity contribution in [2.24, 2.45) is 5.92 Å². The fourth-order valence-corrected chi connectivity index (χ4v) is 2.81. The predicted octanol–water partition coefficient (Wildman–Crippen LogP) is 4.41. The van der Waals surface area contributed by atoms with Crippen LogP contribution in [0.1, 0.15) is 39.5 Å². The minimum Gasteiger partial charge on any atom is -0.449 e. The molecule has 1 atom stereocenters. The second-order valence-electron chi connectivity index (χ2n) is 5.79. The van der Waals surface area contributed by atoms with E-state index in [9.17, 15) is 9.18 Å². The molecule has 1 aromatic carbocycles. The zero-order valence-corrected chi connectivity index (χ0v) is 13.4. The molecule has 0 spiro atoms. The molecule has 1 unspecified atom stereocenters. The molecule has 0 bridgehead atoms. The van der Waals surface area contributed by atoms with Crippen molar-refractivity contribution >= 4 is 17.5 Å². The van der Waals surface area contributed by atoms with Crippen LogP contribution in [-0.4, -0.2) is 25.8 Å². The number of nitrogens with one attached hydrogen (secondary N) is 1. The van der Waals surface area contributed by atoms with E-state index in [4.69, 9.17) is 4.74 Å².